The van der Waals surface area contributed by atoms with Gasteiger partial charge in [-0.05, 0) is 36.0 Å². The second-order valence-electron chi connectivity index (χ2n) is 10.7. The first-order valence-electron chi connectivity index (χ1n) is 13.7. The van der Waals surface area contributed by atoms with Gasteiger partial charge in [0, 0.05) is 37.8 Å². The maximum Gasteiger partial charge on any atom is 0.265 e. The van der Waals surface area contributed by atoms with Crippen LogP contribution in [0, 0.1) is 5.92 Å². The van der Waals surface area contributed by atoms with Gasteiger partial charge in [0.1, 0.15) is 11.8 Å². The van der Waals surface area contributed by atoms with Crippen molar-refractivity contribution >= 4 is 11.8 Å². The molecular weight excluding hydrogens is 474 g/mol. The normalized spacial score (nSPS) is 20.5. The number of para-hydroxylation sites is 1. The minimum atomic E-state index is -0.739. The largest absolute Gasteiger partial charge is 0.480 e. The maximum atomic E-state index is 14.1. The topological polar surface area (TPSA) is 61.9 Å². The van der Waals surface area contributed by atoms with Crippen LogP contribution in [0.4, 0.5) is 0 Å². The van der Waals surface area contributed by atoms with Gasteiger partial charge >= 0.3 is 0 Å². The molecule has 0 aromatic heterocycles. The highest BCUT2D eigenvalue weighted by atomic mass is 16.5. The van der Waals surface area contributed by atoms with Crippen LogP contribution in [0.3, 0.4) is 0 Å². The molecule has 5 rings (SSSR count). The Morgan fingerprint density at radius 1 is 0.895 bits per heavy atom. The Morgan fingerprint density at radius 3 is 2.16 bits per heavy atom. The van der Waals surface area contributed by atoms with Crippen molar-refractivity contribution in [2.45, 2.75) is 58.0 Å². The molecule has 3 aromatic rings. The molecule has 0 aliphatic carbocycles. The van der Waals surface area contributed by atoms with Crippen molar-refractivity contribution in [1.29, 1.82) is 0 Å². The molecule has 0 spiro atoms. The molecule has 2 aliphatic heterocycles. The third-order valence-electron chi connectivity index (χ3n) is 7.61. The van der Waals surface area contributed by atoms with Crippen molar-refractivity contribution < 1.29 is 14.3 Å². The average molecular weight is 512 g/mol. The van der Waals surface area contributed by atoms with E-state index in [1.54, 1.807) is 0 Å². The summed E-state index contributed by atoms with van der Waals surface area (Å²) >= 11 is 0. The quantitative estimate of drug-likeness (QED) is 0.487. The van der Waals surface area contributed by atoms with Gasteiger partial charge in [0.05, 0.1) is 0 Å². The van der Waals surface area contributed by atoms with E-state index in [0.29, 0.717) is 12.3 Å². The average Bonchev–Trinajstić information content (AvgIpc) is 3.08. The van der Waals surface area contributed by atoms with Gasteiger partial charge < -0.3 is 15.0 Å². The number of ether oxygens (including phenoxy) is 1. The van der Waals surface area contributed by atoms with Crippen molar-refractivity contribution in [2.75, 3.05) is 13.1 Å². The molecule has 2 amide bonds. The van der Waals surface area contributed by atoms with Crippen LogP contribution in [0.1, 0.15) is 49.4 Å². The van der Waals surface area contributed by atoms with Gasteiger partial charge in [-0.2, -0.15) is 0 Å². The third-order valence-corrected chi connectivity index (χ3v) is 7.61. The fourth-order valence-corrected chi connectivity index (χ4v) is 5.58. The van der Waals surface area contributed by atoms with Gasteiger partial charge in [-0.25, -0.2) is 0 Å². The van der Waals surface area contributed by atoms with E-state index in [0.717, 1.165) is 43.6 Å². The van der Waals surface area contributed by atoms with Crippen molar-refractivity contribution in [3.8, 4) is 5.75 Å². The molecule has 1 saturated heterocycles. The van der Waals surface area contributed by atoms with Gasteiger partial charge in [0.25, 0.3) is 5.91 Å². The van der Waals surface area contributed by atoms with Crippen LogP contribution in [-0.4, -0.2) is 46.8 Å². The fraction of sp³-hybridized carbons (Fsp3) is 0.375. The van der Waals surface area contributed by atoms with Crippen LogP contribution in [-0.2, 0) is 22.7 Å². The molecule has 6 nitrogen and oxygen atoms in total. The van der Waals surface area contributed by atoms with E-state index < -0.39 is 12.1 Å². The van der Waals surface area contributed by atoms with Gasteiger partial charge in [0.15, 0.2) is 6.10 Å². The molecule has 2 unspecified atom stereocenters. The first kappa shape index (κ1) is 26.0. The lowest BCUT2D eigenvalue weighted by molar-refractivity contribution is -0.150. The van der Waals surface area contributed by atoms with Crippen LogP contribution in [0.15, 0.2) is 84.9 Å². The summed E-state index contributed by atoms with van der Waals surface area (Å²) < 4.78 is 6.31. The van der Waals surface area contributed by atoms with E-state index in [4.69, 9.17) is 4.74 Å². The molecule has 38 heavy (non-hydrogen) atoms. The number of nitrogens with one attached hydrogen (secondary N) is 1. The lowest BCUT2D eigenvalue weighted by atomic mass is 9.95. The number of piperidine rings is 1. The standard InChI is InChI=1S/C32H37N3O3/c1-23(2)30-32(37)35(26-17-19-34(20-18-26)22-25-13-7-4-8-14-25)29(27-15-9-10-16-28(27)38-30)31(36)33-21-24-11-5-3-6-12-24/h3-16,23,26,29-30H,17-22H2,1-2H3,(H,33,36). The van der Waals surface area contributed by atoms with Crippen LogP contribution in [0.25, 0.3) is 0 Å². The molecule has 0 saturated carbocycles. The number of hydrogen-bond donors (Lipinski definition) is 1. The zero-order valence-corrected chi connectivity index (χ0v) is 22.3. The van der Waals surface area contributed by atoms with E-state index in [9.17, 15) is 9.59 Å². The van der Waals surface area contributed by atoms with Crippen LogP contribution in [0.2, 0.25) is 0 Å². The summed E-state index contributed by atoms with van der Waals surface area (Å²) in [6.07, 6.45) is 0.993. The summed E-state index contributed by atoms with van der Waals surface area (Å²) in [5.74, 6) is 0.317. The first-order chi connectivity index (χ1) is 18.5. The summed E-state index contributed by atoms with van der Waals surface area (Å²) in [5.41, 5.74) is 3.06. The SMILES string of the molecule is CC(C)C1Oc2ccccc2C(C(=O)NCc2ccccc2)N(C2CCN(Cc3ccccc3)CC2)C1=O. The molecule has 0 bridgehead atoms. The second-order valence-corrected chi connectivity index (χ2v) is 10.7. The predicted molar refractivity (Wildman–Crippen MR) is 148 cm³/mol. The third kappa shape index (κ3) is 5.76. The molecule has 0 radical (unpaired) electrons. The van der Waals surface area contributed by atoms with Gasteiger partial charge in [0.2, 0.25) is 5.91 Å². The van der Waals surface area contributed by atoms with Crippen molar-refractivity contribution in [1.82, 2.24) is 15.1 Å². The Labute approximate surface area is 225 Å². The van der Waals surface area contributed by atoms with Crippen LogP contribution >= 0.6 is 0 Å². The van der Waals surface area contributed by atoms with Gasteiger partial charge in [-0.3, -0.25) is 14.5 Å². The smallest absolute Gasteiger partial charge is 0.265 e. The summed E-state index contributed by atoms with van der Waals surface area (Å²) in [7, 11) is 0. The van der Waals surface area contributed by atoms with Crippen molar-refractivity contribution in [3.05, 3.63) is 102 Å². The summed E-state index contributed by atoms with van der Waals surface area (Å²) in [4.78, 5) is 32.3. The minimum absolute atomic E-state index is 0.0256. The molecule has 2 aliphatic rings. The lowest BCUT2D eigenvalue weighted by Crippen LogP contribution is -2.55. The van der Waals surface area contributed by atoms with Crippen molar-refractivity contribution in [3.63, 3.8) is 0 Å². The Hall–Kier alpha value is -3.64. The van der Waals surface area contributed by atoms with Crippen molar-refractivity contribution in [2.24, 2.45) is 5.92 Å². The molecular formula is C32H37N3O3. The highest BCUT2D eigenvalue weighted by Gasteiger charge is 2.45. The number of amides is 2. The van der Waals surface area contributed by atoms with E-state index in [-0.39, 0.29) is 23.8 Å². The summed E-state index contributed by atoms with van der Waals surface area (Å²) in [6.45, 7) is 7.05. The second kappa shape index (κ2) is 11.8. The highest BCUT2D eigenvalue weighted by molar-refractivity contribution is 5.92. The monoisotopic (exact) mass is 511 g/mol. The number of hydrogen-bond acceptors (Lipinski definition) is 4. The van der Waals surface area contributed by atoms with E-state index in [2.05, 4.69) is 34.5 Å². The number of benzene rings is 3. The number of carbonyl (C=O) groups excluding carboxylic acids is 2. The summed E-state index contributed by atoms with van der Waals surface area (Å²) in [6, 6.07) is 27.2. The number of rotatable bonds is 7. The number of fused-ring (bicyclic) bond motifs is 1. The van der Waals surface area contributed by atoms with Gasteiger partial charge in [-0.1, -0.05) is 92.7 Å². The Balaban J connectivity index is 1.42. The summed E-state index contributed by atoms with van der Waals surface area (Å²) in [5, 5.41) is 3.11. The molecule has 1 N–H and O–H groups in total. The zero-order chi connectivity index (χ0) is 26.5. The van der Waals surface area contributed by atoms with Crippen LogP contribution in [0.5, 0.6) is 5.75 Å². The minimum Gasteiger partial charge on any atom is -0.480 e. The number of likely N-dealkylation sites (tertiary alicyclic amines) is 1. The Kier molecular flexibility index (Phi) is 8.08. The Morgan fingerprint density at radius 2 is 1.50 bits per heavy atom. The molecule has 2 heterocycles. The lowest BCUT2D eigenvalue weighted by Gasteiger charge is -2.42. The predicted octanol–water partition coefficient (Wildman–Crippen LogP) is 4.95. The fourth-order valence-electron chi connectivity index (χ4n) is 5.58. The molecule has 6 heteroatoms. The van der Waals surface area contributed by atoms with Gasteiger partial charge in [-0.15, -0.1) is 0 Å². The maximum absolute atomic E-state index is 14.1. The molecule has 1 fully saturated rings. The molecule has 198 valence electrons. The van der Waals surface area contributed by atoms with E-state index in [1.165, 1.54) is 5.56 Å². The Bertz CT molecular complexity index is 1220. The van der Waals surface area contributed by atoms with E-state index >= 15 is 0 Å². The zero-order valence-electron chi connectivity index (χ0n) is 22.3. The highest BCUT2D eigenvalue weighted by Crippen LogP contribution is 2.38. The number of carbonyl (C=O) groups is 2. The van der Waals surface area contributed by atoms with E-state index in [1.807, 2.05) is 79.4 Å². The first-order valence-corrected chi connectivity index (χ1v) is 13.7. The molecule has 2 atom stereocenters. The molecule has 3 aromatic carbocycles. The number of nitrogens with zero attached hydrogens (tertiary/aromatic N) is 2. The van der Waals surface area contributed by atoms with Crippen LogP contribution < -0.4 is 10.1 Å².